The number of benzene rings is 1. The molecule has 9 heteroatoms. The van der Waals surface area contributed by atoms with Crippen molar-refractivity contribution in [2.45, 2.75) is 6.43 Å². The quantitative estimate of drug-likeness (QED) is 0.699. The molecule has 2 rings (SSSR count). The van der Waals surface area contributed by atoms with Gasteiger partial charge >= 0.3 is 5.97 Å². The number of carbonyl (C=O) groups is 1. The third-order valence-corrected chi connectivity index (χ3v) is 2.46. The van der Waals surface area contributed by atoms with Gasteiger partial charge in [0.25, 0.3) is 6.43 Å². The lowest BCUT2D eigenvalue weighted by Crippen LogP contribution is -2.08. The Morgan fingerprint density at radius 1 is 1.20 bits per heavy atom. The molecule has 0 saturated heterocycles. The topological polar surface area (TPSA) is 55.1 Å². The summed E-state index contributed by atoms with van der Waals surface area (Å²) in [5.41, 5.74) is -2.42. The Balaban J connectivity index is 2.67. The predicted molar refractivity (Wildman–Crippen MR) is 55.4 cm³/mol. The molecule has 0 fully saturated rings. The highest BCUT2D eigenvalue weighted by atomic mass is 19.3. The van der Waals surface area contributed by atoms with Gasteiger partial charge in [0.2, 0.25) is 0 Å². The second-order valence-corrected chi connectivity index (χ2v) is 3.68. The fraction of sp³-hybridized carbons (Fsp3) is 0.0909. The van der Waals surface area contributed by atoms with Crippen LogP contribution >= 0.6 is 0 Å². The van der Waals surface area contributed by atoms with Crippen LogP contribution in [-0.2, 0) is 0 Å². The van der Waals surface area contributed by atoms with E-state index in [1.165, 1.54) is 0 Å². The Kier molecular flexibility index (Phi) is 3.43. The minimum Gasteiger partial charge on any atom is -0.478 e. The number of hydrogen-bond donors (Lipinski definition) is 1. The second-order valence-electron chi connectivity index (χ2n) is 3.68. The summed E-state index contributed by atoms with van der Waals surface area (Å²) in [5, 5.41) is 12.1. The number of hydrogen-bond acceptors (Lipinski definition) is 2. The summed E-state index contributed by atoms with van der Waals surface area (Å²) in [6.07, 6.45) is -2.64. The molecule has 20 heavy (non-hydrogen) atoms. The fourth-order valence-corrected chi connectivity index (χ4v) is 1.60. The molecular weight excluding hydrogens is 287 g/mol. The van der Waals surface area contributed by atoms with Crippen LogP contribution in [0, 0.1) is 17.5 Å². The van der Waals surface area contributed by atoms with E-state index >= 15 is 0 Å². The van der Waals surface area contributed by atoms with Crippen molar-refractivity contribution in [2.75, 3.05) is 0 Å². The van der Waals surface area contributed by atoms with Crippen molar-refractivity contribution in [3.05, 3.63) is 47.0 Å². The van der Waals surface area contributed by atoms with Gasteiger partial charge in [-0.1, -0.05) is 0 Å². The van der Waals surface area contributed by atoms with Crippen LogP contribution in [0.4, 0.5) is 22.0 Å². The van der Waals surface area contributed by atoms with Crippen molar-refractivity contribution in [1.29, 1.82) is 0 Å². The predicted octanol–water partition coefficient (Wildman–Crippen LogP) is 2.93. The first-order valence-electron chi connectivity index (χ1n) is 5.07. The maximum atomic E-state index is 13.1. The van der Waals surface area contributed by atoms with E-state index in [2.05, 4.69) is 5.10 Å². The van der Waals surface area contributed by atoms with E-state index < -0.39 is 46.8 Å². The summed E-state index contributed by atoms with van der Waals surface area (Å²) < 4.78 is 65.0. The average Bonchev–Trinajstić information content (AvgIpc) is 2.80. The first-order valence-corrected chi connectivity index (χ1v) is 5.07. The molecule has 1 aromatic carbocycles. The highest BCUT2D eigenvalue weighted by Crippen LogP contribution is 2.27. The Hall–Kier alpha value is -2.45. The van der Waals surface area contributed by atoms with Crippen molar-refractivity contribution in [3.8, 4) is 5.69 Å². The van der Waals surface area contributed by atoms with Crippen LogP contribution in [0.2, 0.25) is 0 Å². The van der Waals surface area contributed by atoms with Crippen LogP contribution in [0.3, 0.4) is 0 Å². The summed E-state index contributed by atoms with van der Waals surface area (Å²) in [4.78, 5) is 10.8. The zero-order valence-corrected chi connectivity index (χ0v) is 9.45. The lowest BCUT2D eigenvalue weighted by atomic mass is 10.2. The van der Waals surface area contributed by atoms with E-state index in [0.29, 0.717) is 23.0 Å². The normalized spacial score (nSPS) is 11.1. The number of carboxylic acid groups (broad SMARTS) is 1. The summed E-state index contributed by atoms with van der Waals surface area (Å²) in [6, 6.07) is 0.867. The van der Waals surface area contributed by atoms with Gasteiger partial charge in [-0.15, -0.1) is 0 Å². The lowest BCUT2D eigenvalue weighted by molar-refractivity contribution is 0.0683. The van der Waals surface area contributed by atoms with Crippen LogP contribution in [0.25, 0.3) is 5.69 Å². The van der Waals surface area contributed by atoms with Crippen molar-refractivity contribution in [1.82, 2.24) is 9.78 Å². The molecular formula is C11H5F5N2O2. The number of alkyl halides is 2. The number of halogens is 5. The number of aromatic carboxylic acids is 1. The third kappa shape index (κ3) is 2.22. The van der Waals surface area contributed by atoms with Gasteiger partial charge in [-0.3, -0.25) is 0 Å². The number of rotatable bonds is 3. The molecule has 0 spiro atoms. The molecule has 1 heterocycles. The zero-order valence-electron chi connectivity index (χ0n) is 9.45. The Morgan fingerprint density at radius 2 is 1.75 bits per heavy atom. The summed E-state index contributed by atoms with van der Waals surface area (Å²) >= 11 is 0. The maximum Gasteiger partial charge on any atom is 0.339 e. The van der Waals surface area contributed by atoms with Gasteiger partial charge in [0.05, 0.1) is 11.9 Å². The highest BCUT2D eigenvalue weighted by Gasteiger charge is 2.26. The summed E-state index contributed by atoms with van der Waals surface area (Å²) in [5.74, 6) is -6.65. The lowest BCUT2D eigenvalue weighted by Gasteiger charge is -2.08. The van der Waals surface area contributed by atoms with E-state index in [0.717, 1.165) is 0 Å². The third-order valence-electron chi connectivity index (χ3n) is 2.46. The fourth-order valence-electron chi connectivity index (χ4n) is 1.60. The zero-order chi connectivity index (χ0) is 15.0. The maximum absolute atomic E-state index is 13.1. The van der Waals surface area contributed by atoms with Gasteiger partial charge in [-0.05, 0) is 0 Å². The molecule has 1 N–H and O–H groups in total. The van der Waals surface area contributed by atoms with Gasteiger partial charge in [0.15, 0.2) is 17.5 Å². The molecule has 1 aromatic heterocycles. The second kappa shape index (κ2) is 4.91. The SMILES string of the molecule is O=C(O)c1cnn(-c2cc(F)c(F)c(F)c2)c1C(F)F. The minimum absolute atomic E-state index is 0.347. The van der Waals surface area contributed by atoms with E-state index in [-0.39, 0.29) is 0 Å². The van der Waals surface area contributed by atoms with Gasteiger partial charge in [0.1, 0.15) is 11.3 Å². The summed E-state index contributed by atoms with van der Waals surface area (Å²) in [6.45, 7) is 0. The van der Waals surface area contributed by atoms with Gasteiger partial charge in [-0.2, -0.15) is 5.10 Å². The van der Waals surface area contributed by atoms with E-state index in [4.69, 9.17) is 5.11 Å². The van der Waals surface area contributed by atoms with E-state index in [1.54, 1.807) is 0 Å². The van der Waals surface area contributed by atoms with Gasteiger partial charge in [0, 0.05) is 12.1 Å². The van der Waals surface area contributed by atoms with E-state index in [9.17, 15) is 26.7 Å². The average molecular weight is 292 g/mol. The van der Waals surface area contributed by atoms with Crippen LogP contribution in [0.5, 0.6) is 0 Å². The molecule has 2 aromatic rings. The standard InChI is InChI=1S/C11H5F5N2O2/c12-6-1-4(2-7(13)8(6)14)18-9(10(15)16)5(3-17-18)11(19)20/h1-3,10H,(H,19,20). The largest absolute Gasteiger partial charge is 0.478 e. The van der Waals surface area contributed by atoms with Crippen molar-refractivity contribution < 1.29 is 31.9 Å². The van der Waals surface area contributed by atoms with E-state index in [1.807, 2.05) is 0 Å². The molecule has 0 amide bonds. The molecule has 0 bridgehead atoms. The summed E-state index contributed by atoms with van der Waals surface area (Å²) in [7, 11) is 0. The van der Waals surface area contributed by atoms with Crippen LogP contribution in [-0.4, -0.2) is 20.9 Å². The first kappa shape index (κ1) is 14.0. The van der Waals surface area contributed by atoms with Gasteiger partial charge in [-0.25, -0.2) is 31.4 Å². The smallest absolute Gasteiger partial charge is 0.339 e. The number of carboxylic acids is 1. The molecule has 0 saturated carbocycles. The van der Waals surface area contributed by atoms with Crippen molar-refractivity contribution in [3.63, 3.8) is 0 Å². The van der Waals surface area contributed by atoms with Crippen LogP contribution in [0.1, 0.15) is 22.5 Å². The Bertz CT molecular complexity index is 660. The first-order chi connectivity index (χ1) is 9.32. The Labute approximate surface area is 108 Å². The number of aromatic nitrogens is 2. The molecule has 0 unspecified atom stereocenters. The molecule has 0 aliphatic carbocycles. The molecule has 0 atom stereocenters. The molecule has 106 valence electrons. The Morgan fingerprint density at radius 3 is 2.20 bits per heavy atom. The van der Waals surface area contributed by atoms with Crippen LogP contribution in [0.15, 0.2) is 18.3 Å². The van der Waals surface area contributed by atoms with Crippen LogP contribution < -0.4 is 0 Å². The van der Waals surface area contributed by atoms with Crippen molar-refractivity contribution in [2.24, 2.45) is 0 Å². The number of nitrogens with zero attached hydrogens (tertiary/aromatic N) is 2. The molecule has 4 nitrogen and oxygen atoms in total. The monoisotopic (exact) mass is 292 g/mol. The molecule has 0 radical (unpaired) electrons. The molecule has 0 aliphatic heterocycles. The van der Waals surface area contributed by atoms with Crippen molar-refractivity contribution >= 4 is 5.97 Å². The van der Waals surface area contributed by atoms with Gasteiger partial charge < -0.3 is 5.11 Å². The minimum atomic E-state index is -3.25. The highest BCUT2D eigenvalue weighted by molar-refractivity contribution is 5.88. The molecule has 0 aliphatic rings.